The number of nitrogens with one attached hydrogen (secondary N) is 3. The lowest BCUT2D eigenvalue weighted by Gasteiger charge is -2.08. The number of hydrogen-bond acceptors (Lipinski definition) is 6. The van der Waals surface area contributed by atoms with Gasteiger partial charge in [-0.2, -0.15) is 0 Å². The number of fused-ring (bicyclic) bond motifs is 2. The summed E-state index contributed by atoms with van der Waals surface area (Å²) in [6, 6.07) is 10.9. The van der Waals surface area contributed by atoms with Gasteiger partial charge in [0.05, 0.1) is 12.2 Å². The predicted octanol–water partition coefficient (Wildman–Crippen LogP) is 1.82. The molecule has 3 N–H and O–H groups in total. The Hall–Kier alpha value is -3.55. The normalized spacial score (nSPS) is 12.3. The van der Waals surface area contributed by atoms with Gasteiger partial charge in [0.25, 0.3) is 11.5 Å². The quantitative estimate of drug-likeness (QED) is 0.650. The highest BCUT2D eigenvalue weighted by molar-refractivity contribution is 5.91. The zero-order valence-electron chi connectivity index (χ0n) is 14.7. The average Bonchev–Trinajstić information content (AvgIpc) is 3.07. The monoisotopic (exact) mass is 366 g/mol. The van der Waals surface area contributed by atoms with Crippen molar-refractivity contribution in [1.82, 2.24) is 15.3 Å². The fraction of sp³-hybridized carbons (Fsp3) is 0.211. The number of nitrogens with zero attached hydrogens (tertiary/aromatic N) is 1. The Balaban J connectivity index is 1.53. The van der Waals surface area contributed by atoms with Gasteiger partial charge in [0, 0.05) is 19.0 Å². The number of ether oxygens (including phenoxy) is 1. The number of H-pyrrole nitrogens is 1. The first-order chi connectivity index (χ1) is 13.1. The van der Waals surface area contributed by atoms with Gasteiger partial charge in [-0.15, -0.1) is 0 Å². The standard InChI is InChI=1S/C19H18N4O4/c1-20-18(25)16-7-6-12(27-16)9-21-19-22-14-10-26-15-5-3-2-4-11(15)8-13(14)17(24)23-19/h2-7H,8-10H2,1H3,(H,20,25)(H2,21,22,23,24). The first-order valence-corrected chi connectivity index (χ1v) is 8.51. The first kappa shape index (κ1) is 16.9. The SMILES string of the molecule is CNC(=O)c1ccc(CNc2nc3c(c(=O)[nH]2)Cc2ccccc2OC3)o1. The van der Waals surface area contributed by atoms with Crippen LogP contribution in [0, 0.1) is 0 Å². The highest BCUT2D eigenvalue weighted by atomic mass is 16.5. The molecule has 0 saturated carbocycles. The van der Waals surface area contributed by atoms with E-state index in [-0.39, 0.29) is 30.4 Å². The van der Waals surface area contributed by atoms with Crippen molar-refractivity contribution in [3.8, 4) is 5.75 Å². The van der Waals surface area contributed by atoms with E-state index in [0.29, 0.717) is 29.4 Å². The molecule has 1 aliphatic rings. The number of carbonyl (C=O) groups is 1. The van der Waals surface area contributed by atoms with Gasteiger partial charge in [0.1, 0.15) is 18.1 Å². The Morgan fingerprint density at radius 3 is 2.96 bits per heavy atom. The van der Waals surface area contributed by atoms with Crippen molar-refractivity contribution < 1.29 is 13.9 Å². The first-order valence-electron chi connectivity index (χ1n) is 8.51. The summed E-state index contributed by atoms with van der Waals surface area (Å²) >= 11 is 0. The molecular formula is C19H18N4O4. The largest absolute Gasteiger partial charge is 0.487 e. The van der Waals surface area contributed by atoms with E-state index in [1.165, 1.54) is 7.05 Å². The van der Waals surface area contributed by atoms with E-state index < -0.39 is 0 Å². The van der Waals surface area contributed by atoms with E-state index in [1.807, 2.05) is 24.3 Å². The van der Waals surface area contributed by atoms with Gasteiger partial charge in [0.2, 0.25) is 5.95 Å². The molecule has 1 amide bonds. The molecule has 0 spiro atoms. The van der Waals surface area contributed by atoms with E-state index in [2.05, 4.69) is 20.6 Å². The lowest BCUT2D eigenvalue weighted by atomic mass is 10.1. The van der Waals surface area contributed by atoms with Gasteiger partial charge in [-0.1, -0.05) is 18.2 Å². The minimum absolute atomic E-state index is 0.201. The highest BCUT2D eigenvalue weighted by Gasteiger charge is 2.19. The van der Waals surface area contributed by atoms with Crippen molar-refractivity contribution in [3.05, 3.63) is 75.1 Å². The molecule has 0 bridgehead atoms. The zero-order chi connectivity index (χ0) is 18.8. The molecule has 0 unspecified atom stereocenters. The van der Waals surface area contributed by atoms with Gasteiger partial charge >= 0.3 is 0 Å². The van der Waals surface area contributed by atoms with Crippen LogP contribution in [0.5, 0.6) is 5.75 Å². The second-order valence-corrected chi connectivity index (χ2v) is 6.11. The van der Waals surface area contributed by atoms with Crippen molar-refractivity contribution in [1.29, 1.82) is 0 Å². The van der Waals surface area contributed by atoms with Gasteiger partial charge in [-0.05, 0) is 23.8 Å². The Morgan fingerprint density at radius 1 is 1.26 bits per heavy atom. The molecule has 8 heteroatoms. The minimum atomic E-state index is -0.297. The summed E-state index contributed by atoms with van der Waals surface area (Å²) in [5.74, 6) is 1.57. The molecule has 3 heterocycles. The summed E-state index contributed by atoms with van der Waals surface area (Å²) in [4.78, 5) is 31.3. The molecule has 2 aromatic heterocycles. The summed E-state index contributed by atoms with van der Waals surface area (Å²) in [5.41, 5.74) is 1.96. The number of hydrogen-bond donors (Lipinski definition) is 3. The Labute approximate surface area is 154 Å². The Bertz CT molecular complexity index is 1050. The lowest BCUT2D eigenvalue weighted by Crippen LogP contribution is -2.20. The number of benzene rings is 1. The molecule has 4 rings (SSSR count). The third kappa shape index (κ3) is 3.41. The maximum Gasteiger partial charge on any atom is 0.286 e. The summed E-state index contributed by atoms with van der Waals surface area (Å²) in [7, 11) is 1.54. The van der Waals surface area contributed by atoms with Crippen molar-refractivity contribution >= 4 is 11.9 Å². The van der Waals surface area contributed by atoms with Crippen molar-refractivity contribution in [3.63, 3.8) is 0 Å². The van der Waals surface area contributed by atoms with Crippen LogP contribution in [-0.2, 0) is 19.6 Å². The highest BCUT2D eigenvalue weighted by Crippen LogP contribution is 2.26. The molecule has 138 valence electrons. The number of aromatic nitrogens is 2. The number of carbonyl (C=O) groups excluding carboxylic acids is 1. The number of para-hydroxylation sites is 1. The van der Waals surface area contributed by atoms with Crippen LogP contribution >= 0.6 is 0 Å². The van der Waals surface area contributed by atoms with Crippen LogP contribution in [-0.4, -0.2) is 22.9 Å². The van der Waals surface area contributed by atoms with Crippen LogP contribution in [0.25, 0.3) is 0 Å². The van der Waals surface area contributed by atoms with Crippen LogP contribution in [0.4, 0.5) is 5.95 Å². The summed E-state index contributed by atoms with van der Waals surface area (Å²) in [5, 5.41) is 5.51. The van der Waals surface area contributed by atoms with E-state index in [4.69, 9.17) is 9.15 Å². The van der Waals surface area contributed by atoms with E-state index in [9.17, 15) is 9.59 Å². The fourth-order valence-electron chi connectivity index (χ4n) is 2.95. The number of aromatic amines is 1. The smallest absolute Gasteiger partial charge is 0.286 e. The third-order valence-corrected chi connectivity index (χ3v) is 4.35. The zero-order valence-corrected chi connectivity index (χ0v) is 14.7. The second kappa shape index (κ2) is 6.99. The van der Waals surface area contributed by atoms with Crippen LogP contribution in [0.1, 0.15) is 33.1 Å². The third-order valence-electron chi connectivity index (χ3n) is 4.35. The molecule has 0 fully saturated rings. The van der Waals surface area contributed by atoms with Crippen molar-refractivity contribution in [2.24, 2.45) is 0 Å². The predicted molar refractivity (Wildman–Crippen MR) is 97.9 cm³/mol. The van der Waals surface area contributed by atoms with Crippen LogP contribution < -0.4 is 20.9 Å². The van der Waals surface area contributed by atoms with Crippen molar-refractivity contribution in [2.75, 3.05) is 12.4 Å². The van der Waals surface area contributed by atoms with Crippen LogP contribution in [0.3, 0.4) is 0 Å². The summed E-state index contributed by atoms with van der Waals surface area (Å²) in [6.45, 7) is 0.506. The minimum Gasteiger partial charge on any atom is -0.487 e. The molecule has 0 aliphatic carbocycles. The molecule has 27 heavy (non-hydrogen) atoms. The Morgan fingerprint density at radius 2 is 2.11 bits per heavy atom. The molecule has 1 aliphatic heterocycles. The van der Waals surface area contributed by atoms with Crippen LogP contribution in [0.2, 0.25) is 0 Å². The Kier molecular flexibility index (Phi) is 4.37. The topological polar surface area (TPSA) is 109 Å². The molecule has 0 saturated heterocycles. The fourth-order valence-corrected chi connectivity index (χ4v) is 2.95. The second-order valence-electron chi connectivity index (χ2n) is 6.11. The molecular weight excluding hydrogens is 348 g/mol. The van der Waals surface area contributed by atoms with E-state index in [1.54, 1.807) is 12.1 Å². The summed E-state index contributed by atoms with van der Waals surface area (Å²) < 4.78 is 11.2. The summed E-state index contributed by atoms with van der Waals surface area (Å²) in [6.07, 6.45) is 0.474. The van der Waals surface area contributed by atoms with Gasteiger partial charge in [0.15, 0.2) is 5.76 Å². The van der Waals surface area contributed by atoms with Gasteiger partial charge < -0.3 is 19.8 Å². The average molecular weight is 366 g/mol. The number of amides is 1. The number of furan rings is 1. The maximum absolute atomic E-state index is 12.5. The van der Waals surface area contributed by atoms with Crippen molar-refractivity contribution in [2.45, 2.75) is 19.6 Å². The molecule has 8 nitrogen and oxygen atoms in total. The number of anilines is 1. The van der Waals surface area contributed by atoms with E-state index in [0.717, 1.165) is 11.3 Å². The molecule has 0 atom stereocenters. The van der Waals surface area contributed by atoms with E-state index >= 15 is 0 Å². The molecule has 3 aromatic rings. The van der Waals surface area contributed by atoms with Crippen LogP contribution in [0.15, 0.2) is 45.6 Å². The maximum atomic E-state index is 12.5. The van der Waals surface area contributed by atoms with Gasteiger partial charge in [-0.3, -0.25) is 14.6 Å². The number of rotatable bonds is 4. The molecule has 0 radical (unpaired) electrons. The lowest BCUT2D eigenvalue weighted by molar-refractivity contribution is 0.0934. The molecule has 1 aromatic carbocycles. The van der Waals surface area contributed by atoms with Gasteiger partial charge in [-0.25, -0.2) is 4.98 Å².